The van der Waals surface area contributed by atoms with Crippen LogP contribution < -0.4 is 22.1 Å². The SMILES string of the molecule is CCCCOC(=O)CN/C=C(\N)c1ccc(C(=O)c2[nH]c(Cl)c(Cl)c2-n2c(C(=O)c3ccc(/C(N)=C/NCC(=O)OCCCC)cc3O)cc(Cl)c2Cl)c(O)c1. The standard InChI is InChI=1S/C38H40Cl4N6O8/c1-3-5-11-55-30(51)18-45-16-25(43)20-7-9-22(28(49)13-20)35(53)27-15-24(39)38(42)48(27)34-32(40)37(41)47-33(34)36(54)23-10-8-21(14-29(23)50)26(44)17-46-19-31(52)56-12-6-4-2/h7-10,13-17,45-47,49-50H,3-6,11-12,18-19,43-44H2,1-2H3/b25-16-,26-17-. The topological polar surface area (TPSA) is 224 Å². The molecule has 298 valence electrons. The Hall–Kier alpha value is -5.28. The Labute approximate surface area is 342 Å². The van der Waals surface area contributed by atoms with Gasteiger partial charge in [0.25, 0.3) is 0 Å². The van der Waals surface area contributed by atoms with Crippen molar-refractivity contribution < 1.29 is 38.9 Å². The van der Waals surface area contributed by atoms with E-state index in [0.29, 0.717) is 24.3 Å². The smallest absolute Gasteiger partial charge is 0.325 e. The maximum atomic E-state index is 14.0. The third-order valence-electron chi connectivity index (χ3n) is 8.13. The number of hydrogen-bond acceptors (Lipinski definition) is 12. The second-order valence-corrected chi connectivity index (χ2v) is 13.7. The van der Waals surface area contributed by atoms with E-state index in [1.165, 1.54) is 54.9 Å². The molecule has 0 unspecified atom stereocenters. The minimum Gasteiger partial charge on any atom is -0.507 e. The first-order valence-electron chi connectivity index (χ1n) is 17.3. The molecule has 0 aliphatic heterocycles. The highest BCUT2D eigenvalue weighted by Gasteiger charge is 2.31. The number of aromatic hydroxyl groups is 2. The first-order chi connectivity index (χ1) is 26.7. The van der Waals surface area contributed by atoms with Crippen molar-refractivity contribution in [1.82, 2.24) is 20.2 Å². The molecule has 0 amide bonds. The van der Waals surface area contributed by atoms with Gasteiger partial charge in [-0.2, -0.15) is 0 Å². The Bertz CT molecular complexity index is 2030. The molecule has 0 radical (unpaired) electrons. The van der Waals surface area contributed by atoms with Crippen LogP contribution >= 0.6 is 46.4 Å². The van der Waals surface area contributed by atoms with Crippen molar-refractivity contribution in [3.63, 3.8) is 0 Å². The van der Waals surface area contributed by atoms with Gasteiger partial charge in [-0.25, -0.2) is 0 Å². The number of rotatable bonds is 19. The summed E-state index contributed by atoms with van der Waals surface area (Å²) in [7, 11) is 0. The summed E-state index contributed by atoms with van der Waals surface area (Å²) in [5, 5.41) is 26.7. The summed E-state index contributed by atoms with van der Waals surface area (Å²) in [4.78, 5) is 54.4. The van der Waals surface area contributed by atoms with Crippen LogP contribution in [0, 0.1) is 0 Å². The van der Waals surface area contributed by atoms with Crippen LogP contribution in [0.5, 0.6) is 11.5 Å². The van der Waals surface area contributed by atoms with Crippen molar-refractivity contribution >= 4 is 81.3 Å². The van der Waals surface area contributed by atoms with Gasteiger partial charge in [0.2, 0.25) is 11.6 Å². The second-order valence-electron chi connectivity index (χ2n) is 12.2. The lowest BCUT2D eigenvalue weighted by Crippen LogP contribution is -2.21. The molecule has 0 atom stereocenters. The van der Waals surface area contributed by atoms with E-state index >= 15 is 0 Å². The molecule has 2 heterocycles. The third-order valence-corrected chi connectivity index (χ3v) is 9.64. The molecule has 14 nitrogen and oxygen atoms in total. The number of carbonyl (C=O) groups excluding carboxylic acids is 4. The van der Waals surface area contributed by atoms with Crippen LogP contribution in [0.4, 0.5) is 0 Å². The van der Waals surface area contributed by atoms with E-state index in [2.05, 4.69) is 15.6 Å². The number of ether oxygens (including phenoxy) is 2. The molecule has 56 heavy (non-hydrogen) atoms. The number of esters is 2. The maximum absolute atomic E-state index is 14.0. The lowest BCUT2D eigenvalue weighted by atomic mass is 10.0. The van der Waals surface area contributed by atoms with Gasteiger partial charge in [-0.3, -0.25) is 23.7 Å². The van der Waals surface area contributed by atoms with Gasteiger partial charge in [-0.1, -0.05) is 85.2 Å². The quantitative estimate of drug-likeness (QED) is 0.0299. The van der Waals surface area contributed by atoms with Crippen molar-refractivity contribution in [2.45, 2.75) is 39.5 Å². The number of benzene rings is 2. The summed E-state index contributed by atoms with van der Waals surface area (Å²) < 4.78 is 11.3. The van der Waals surface area contributed by atoms with Gasteiger partial charge in [0.05, 0.1) is 52.1 Å². The van der Waals surface area contributed by atoms with Crippen LogP contribution in [-0.4, -0.2) is 69.6 Å². The van der Waals surface area contributed by atoms with Gasteiger partial charge in [-0.15, -0.1) is 0 Å². The summed E-state index contributed by atoms with van der Waals surface area (Å²) >= 11 is 26.0. The molecule has 0 aliphatic carbocycles. The van der Waals surface area contributed by atoms with E-state index in [1.807, 2.05) is 13.8 Å². The van der Waals surface area contributed by atoms with Crippen molar-refractivity contribution in [1.29, 1.82) is 0 Å². The van der Waals surface area contributed by atoms with Gasteiger partial charge < -0.3 is 46.8 Å². The summed E-state index contributed by atoms with van der Waals surface area (Å²) in [5.41, 5.74) is 12.2. The molecule has 0 fully saturated rings. The number of unbranched alkanes of at least 4 members (excludes halogenated alkanes) is 2. The maximum Gasteiger partial charge on any atom is 0.325 e. The van der Waals surface area contributed by atoms with E-state index in [1.54, 1.807) is 0 Å². The Morgan fingerprint density at radius 1 is 0.768 bits per heavy atom. The molecule has 2 aromatic carbocycles. The fourth-order valence-corrected chi connectivity index (χ4v) is 5.98. The summed E-state index contributed by atoms with van der Waals surface area (Å²) in [6.45, 7) is 4.32. The van der Waals surface area contributed by atoms with E-state index in [4.69, 9.17) is 67.3 Å². The fraction of sp³-hybridized carbons (Fsp3) is 0.263. The largest absolute Gasteiger partial charge is 0.507 e. The number of halogens is 4. The van der Waals surface area contributed by atoms with E-state index in [-0.39, 0.29) is 73.0 Å². The number of aromatic amines is 1. The molecule has 2 aromatic heterocycles. The van der Waals surface area contributed by atoms with Crippen LogP contribution in [0.15, 0.2) is 54.9 Å². The second kappa shape index (κ2) is 20.1. The predicted molar refractivity (Wildman–Crippen MR) is 215 cm³/mol. The Kier molecular flexibility index (Phi) is 15.6. The molecule has 4 rings (SSSR count). The average molecular weight is 851 g/mol. The number of carbonyl (C=O) groups is 4. The molecule has 0 bridgehead atoms. The number of hydrogen-bond donors (Lipinski definition) is 7. The Balaban J connectivity index is 1.60. The van der Waals surface area contributed by atoms with Gasteiger partial charge in [0.15, 0.2) is 0 Å². The fourth-order valence-electron chi connectivity index (χ4n) is 5.15. The lowest BCUT2D eigenvalue weighted by molar-refractivity contribution is -0.143. The van der Waals surface area contributed by atoms with Crippen LogP contribution in [0.1, 0.15) is 82.8 Å². The predicted octanol–water partition coefficient (Wildman–Crippen LogP) is 6.67. The van der Waals surface area contributed by atoms with Crippen LogP contribution in [0.3, 0.4) is 0 Å². The summed E-state index contributed by atoms with van der Waals surface area (Å²) in [6.07, 6.45) is 5.99. The number of nitrogens with zero attached hydrogens (tertiary/aromatic N) is 1. The number of nitrogens with one attached hydrogen (secondary N) is 3. The minimum absolute atomic E-state index is 0.0957. The minimum atomic E-state index is -0.801. The number of nitrogens with two attached hydrogens (primary N) is 2. The van der Waals surface area contributed by atoms with Crippen molar-refractivity contribution in [2.75, 3.05) is 26.3 Å². The van der Waals surface area contributed by atoms with Crippen LogP contribution in [0.2, 0.25) is 20.4 Å². The zero-order valence-corrected chi connectivity index (χ0v) is 33.3. The number of phenolic OH excluding ortho intramolecular Hbond substituents is 2. The molecule has 4 aromatic rings. The molecular formula is C38H40Cl4N6O8. The molecule has 9 N–H and O–H groups in total. The average Bonchev–Trinajstić information content (AvgIpc) is 3.62. The number of aromatic nitrogens is 2. The molecule has 0 aliphatic rings. The van der Waals surface area contributed by atoms with Crippen LogP contribution in [-0.2, 0) is 19.1 Å². The number of phenols is 2. The zero-order valence-electron chi connectivity index (χ0n) is 30.3. The van der Waals surface area contributed by atoms with E-state index < -0.39 is 35.0 Å². The van der Waals surface area contributed by atoms with Crippen molar-refractivity contribution in [3.05, 3.63) is 109 Å². The lowest BCUT2D eigenvalue weighted by Gasteiger charge is -2.14. The van der Waals surface area contributed by atoms with E-state index in [9.17, 15) is 29.4 Å². The first-order valence-corrected chi connectivity index (χ1v) is 18.8. The summed E-state index contributed by atoms with van der Waals surface area (Å²) in [6, 6.07) is 9.28. The highest BCUT2D eigenvalue weighted by molar-refractivity contribution is 6.45. The van der Waals surface area contributed by atoms with E-state index in [0.717, 1.165) is 30.3 Å². The van der Waals surface area contributed by atoms with Crippen molar-refractivity contribution in [2.24, 2.45) is 11.5 Å². The number of ketones is 2. The van der Waals surface area contributed by atoms with Gasteiger partial charge in [0.1, 0.15) is 45.6 Å². The van der Waals surface area contributed by atoms with Gasteiger partial charge in [0, 0.05) is 23.5 Å². The molecule has 0 saturated heterocycles. The van der Waals surface area contributed by atoms with Crippen LogP contribution in [0.25, 0.3) is 17.1 Å². The van der Waals surface area contributed by atoms with Gasteiger partial charge in [-0.05, 0) is 43.2 Å². The Morgan fingerprint density at radius 3 is 1.71 bits per heavy atom. The zero-order chi connectivity index (χ0) is 41.1. The molecular weight excluding hydrogens is 810 g/mol. The molecule has 0 saturated carbocycles. The third kappa shape index (κ3) is 10.5. The molecule has 18 heteroatoms. The highest BCUT2D eigenvalue weighted by atomic mass is 35.5. The molecule has 0 spiro atoms. The highest BCUT2D eigenvalue weighted by Crippen LogP contribution is 2.40. The van der Waals surface area contributed by atoms with Gasteiger partial charge >= 0.3 is 11.9 Å². The Morgan fingerprint density at radius 2 is 1.25 bits per heavy atom. The van der Waals surface area contributed by atoms with Crippen molar-refractivity contribution in [3.8, 4) is 17.2 Å². The monoisotopic (exact) mass is 848 g/mol. The number of H-pyrrole nitrogens is 1. The first kappa shape index (κ1) is 43.4. The normalized spacial score (nSPS) is 11.7. The summed E-state index contributed by atoms with van der Waals surface area (Å²) in [5.74, 6) is -3.43.